The molecule has 1 aromatic heterocycles. The zero-order valence-electron chi connectivity index (χ0n) is 17.2. The van der Waals surface area contributed by atoms with Gasteiger partial charge in [-0.2, -0.15) is 18.2 Å². The molecule has 3 aromatic rings. The molecule has 0 atom stereocenters. The summed E-state index contributed by atoms with van der Waals surface area (Å²) in [5.41, 5.74) is 1.28. The number of aromatic nitrogens is 2. The van der Waals surface area contributed by atoms with Gasteiger partial charge in [0.2, 0.25) is 5.95 Å². The van der Waals surface area contributed by atoms with Crippen LogP contribution in [0.2, 0.25) is 0 Å². The highest BCUT2D eigenvalue weighted by molar-refractivity contribution is 5.66. The fraction of sp³-hybridized carbons (Fsp3) is 0.273. The molecule has 30 heavy (non-hydrogen) atoms. The molecule has 0 saturated carbocycles. The van der Waals surface area contributed by atoms with Crippen LogP contribution in [0.15, 0.2) is 54.7 Å². The minimum absolute atomic E-state index is 0.00218. The summed E-state index contributed by atoms with van der Waals surface area (Å²) >= 11 is 0. The highest BCUT2D eigenvalue weighted by atomic mass is 19.4. The molecule has 0 aliphatic carbocycles. The van der Waals surface area contributed by atoms with Crippen LogP contribution in [0.1, 0.15) is 25.0 Å². The van der Waals surface area contributed by atoms with Crippen LogP contribution in [0, 0.1) is 6.92 Å². The second kappa shape index (κ2) is 8.61. The molecular formula is C22H23F3N4O. The van der Waals surface area contributed by atoms with Crippen molar-refractivity contribution >= 4 is 23.1 Å². The lowest BCUT2D eigenvalue weighted by Gasteiger charge is -2.23. The summed E-state index contributed by atoms with van der Waals surface area (Å²) in [5.74, 6) is 0.479. The van der Waals surface area contributed by atoms with E-state index in [1.54, 1.807) is 24.3 Å². The average Bonchev–Trinajstić information content (AvgIpc) is 2.68. The Morgan fingerprint density at radius 3 is 2.30 bits per heavy atom. The van der Waals surface area contributed by atoms with Gasteiger partial charge in [-0.25, -0.2) is 4.98 Å². The summed E-state index contributed by atoms with van der Waals surface area (Å²) in [6.07, 6.45) is -3.79. The second-order valence-electron chi connectivity index (χ2n) is 7.09. The van der Waals surface area contributed by atoms with Gasteiger partial charge in [0, 0.05) is 24.6 Å². The first-order chi connectivity index (χ1) is 14.1. The van der Waals surface area contributed by atoms with Crippen LogP contribution < -0.4 is 15.0 Å². The molecule has 5 nitrogen and oxygen atoms in total. The van der Waals surface area contributed by atoms with Crippen LogP contribution >= 0.6 is 0 Å². The molecule has 0 fully saturated rings. The van der Waals surface area contributed by atoms with Crippen molar-refractivity contribution in [3.8, 4) is 5.75 Å². The van der Waals surface area contributed by atoms with E-state index in [0.29, 0.717) is 11.4 Å². The van der Waals surface area contributed by atoms with Gasteiger partial charge in [-0.1, -0.05) is 18.2 Å². The predicted octanol–water partition coefficient (Wildman–Crippen LogP) is 6.10. The zero-order valence-corrected chi connectivity index (χ0v) is 17.2. The molecular weight excluding hydrogens is 393 g/mol. The normalized spacial score (nSPS) is 11.5. The number of rotatable bonds is 6. The maximum absolute atomic E-state index is 13.6. The molecule has 0 radical (unpaired) electrons. The molecule has 2 aromatic carbocycles. The van der Waals surface area contributed by atoms with Crippen molar-refractivity contribution in [1.29, 1.82) is 0 Å². The summed E-state index contributed by atoms with van der Waals surface area (Å²) in [4.78, 5) is 9.43. The predicted molar refractivity (Wildman–Crippen MR) is 112 cm³/mol. The molecule has 158 valence electrons. The molecule has 0 amide bonds. The van der Waals surface area contributed by atoms with Gasteiger partial charge in [-0.3, -0.25) is 0 Å². The molecule has 1 N–H and O–H groups in total. The largest absolute Gasteiger partial charge is 0.491 e. The minimum atomic E-state index is -4.59. The number of anilines is 4. The number of benzene rings is 2. The summed E-state index contributed by atoms with van der Waals surface area (Å²) in [5, 5.41) is 2.99. The van der Waals surface area contributed by atoms with E-state index in [4.69, 9.17) is 4.74 Å². The number of nitrogens with one attached hydrogen (secondary N) is 1. The Hall–Kier alpha value is -3.29. The van der Waals surface area contributed by atoms with Crippen molar-refractivity contribution in [2.45, 2.75) is 33.1 Å². The Kier molecular flexibility index (Phi) is 6.14. The summed E-state index contributed by atoms with van der Waals surface area (Å²) in [6.45, 7) is 5.69. The Balaban J connectivity index is 1.97. The Morgan fingerprint density at radius 1 is 1.03 bits per heavy atom. The molecule has 3 rings (SSSR count). The topological polar surface area (TPSA) is 50.3 Å². The van der Waals surface area contributed by atoms with Crippen LogP contribution in [0.5, 0.6) is 5.75 Å². The van der Waals surface area contributed by atoms with Gasteiger partial charge in [-0.15, -0.1) is 0 Å². The average molecular weight is 416 g/mol. The summed E-state index contributed by atoms with van der Waals surface area (Å²) < 4.78 is 46.4. The van der Waals surface area contributed by atoms with Gasteiger partial charge < -0.3 is 15.0 Å². The van der Waals surface area contributed by atoms with E-state index in [9.17, 15) is 13.2 Å². The Bertz CT molecular complexity index is 1000. The lowest BCUT2D eigenvalue weighted by atomic mass is 10.2. The first kappa shape index (κ1) is 21.4. The molecule has 1 heterocycles. The second-order valence-corrected chi connectivity index (χ2v) is 7.09. The SMILES string of the molecule is Cc1ccccc1Nc1ncc(C(F)(F)F)c(N(C)c2ccc(OC(C)C)cc2)n1. The molecule has 0 unspecified atom stereocenters. The maximum atomic E-state index is 13.6. The van der Waals surface area contributed by atoms with Gasteiger partial charge in [0.15, 0.2) is 5.82 Å². The van der Waals surface area contributed by atoms with Crippen LogP contribution in [-0.4, -0.2) is 23.1 Å². The summed E-state index contributed by atoms with van der Waals surface area (Å²) in [6, 6.07) is 14.2. The standard InChI is InChI=1S/C22H23F3N4O/c1-14(2)30-17-11-9-16(10-12-17)29(4)20-18(22(23,24)25)13-26-21(28-20)27-19-8-6-5-7-15(19)3/h5-14H,1-4H3,(H,26,27,28). The smallest absolute Gasteiger partial charge is 0.421 e. The molecule has 0 bridgehead atoms. The van der Waals surface area contributed by atoms with Crippen molar-refractivity contribution < 1.29 is 17.9 Å². The number of aryl methyl sites for hydroxylation is 1. The van der Waals surface area contributed by atoms with E-state index < -0.39 is 11.7 Å². The lowest BCUT2D eigenvalue weighted by Crippen LogP contribution is -2.19. The van der Waals surface area contributed by atoms with Crippen molar-refractivity contribution in [3.63, 3.8) is 0 Å². The van der Waals surface area contributed by atoms with Crippen molar-refractivity contribution in [2.75, 3.05) is 17.3 Å². The maximum Gasteiger partial charge on any atom is 0.421 e. The third-order valence-corrected chi connectivity index (χ3v) is 4.38. The van der Waals surface area contributed by atoms with E-state index in [1.165, 1.54) is 11.9 Å². The van der Waals surface area contributed by atoms with Crippen molar-refractivity contribution in [1.82, 2.24) is 9.97 Å². The molecule has 0 aliphatic rings. The Labute approximate surface area is 173 Å². The van der Waals surface area contributed by atoms with E-state index in [0.717, 1.165) is 17.4 Å². The van der Waals surface area contributed by atoms with E-state index in [2.05, 4.69) is 15.3 Å². The van der Waals surface area contributed by atoms with Gasteiger partial charge in [0.1, 0.15) is 11.3 Å². The quantitative estimate of drug-likeness (QED) is 0.526. The number of ether oxygens (including phenoxy) is 1. The fourth-order valence-corrected chi connectivity index (χ4v) is 2.87. The first-order valence-corrected chi connectivity index (χ1v) is 9.42. The monoisotopic (exact) mass is 416 g/mol. The van der Waals surface area contributed by atoms with Gasteiger partial charge in [0.25, 0.3) is 0 Å². The van der Waals surface area contributed by atoms with E-state index in [-0.39, 0.29) is 17.9 Å². The van der Waals surface area contributed by atoms with Crippen LogP contribution in [0.4, 0.5) is 36.3 Å². The highest BCUT2D eigenvalue weighted by Gasteiger charge is 2.36. The van der Waals surface area contributed by atoms with Gasteiger partial charge in [0.05, 0.1) is 6.10 Å². The third kappa shape index (κ3) is 5.00. The summed E-state index contributed by atoms with van der Waals surface area (Å²) in [7, 11) is 1.54. The van der Waals surface area contributed by atoms with Crippen molar-refractivity contribution in [3.05, 3.63) is 65.9 Å². The number of para-hydroxylation sites is 1. The van der Waals surface area contributed by atoms with Gasteiger partial charge in [-0.05, 0) is 56.7 Å². The molecule has 0 aliphatic heterocycles. The van der Waals surface area contributed by atoms with Crippen molar-refractivity contribution in [2.24, 2.45) is 0 Å². The fourth-order valence-electron chi connectivity index (χ4n) is 2.87. The van der Waals surface area contributed by atoms with Crippen LogP contribution in [0.3, 0.4) is 0 Å². The van der Waals surface area contributed by atoms with Crippen LogP contribution in [0.25, 0.3) is 0 Å². The van der Waals surface area contributed by atoms with Crippen LogP contribution in [-0.2, 0) is 6.18 Å². The lowest BCUT2D eigenvalue weighted by molar-refractivity contribution is -0.137. The highest BCUT2D eigenvalue weighted by Crippen LogP contribution is 2.38. The number of halogens is 3. The number of hydrogen-bond acceptors (Lipinski definition) is 5. The number of alkyl halides is 3. The number of hydrogen-bond donors (Lipinski definition) is 1. The van der Waals surface area contributed by atoms with Gasteiger partial charge >= 0.3 is 6.18 Å². The Morgan fingerprint density at radius 2 is 1.70 bits per heavy atom. The number of nitrogens with zero attached hydrogens (tertiary/aromatic N) is 3. The minimum Gasteiger partial charge on any atom is -0.491 e. The molecule has 0 saturated heterocycles. The molecule has 0 spiro atoms. The third-order valence-electron chi connectivity index (χ3n) is 4.38. The van der Waals surface area contributed by atoms with E-state index >= 15 is 0 Å². The van der Waals surface area contributed by atoms with E-state index in [1.807, 2.05) is 45.0 Å². The zero-order chi connectivity index (χ0) is 21.9. The molecule has 8 heteroatoms. The first-order valence-electron chi connectivity index (χ1n) is 9.42.